The van der Waals surface area contributed by atoms with Gasteiger partial charge in [0, 0.05) is 6.61 Å². The maximum Gasteiger partial charge on any atom is 0.126 e. The monoisotopic (exact) mass is 316 g/mol. The van der Waals surface area contributed by atoms with Crippen LogP contribution in [0.4, 0.5) is 0 Å². The minimum absolute atomic E-state index is 0.335. The lowest BCUT2D eigenvalue weighted by Crippen LogP contribution is -2.47. The fourth-order valence-corrected chi connectivity index (χ4v) is 3.00. The summed E-state index contributed by atoms with van der Waals surface area (Å²) in [6.45, 7) is 7.34. The van der Waals surface area contributed by atoms with Crippen molar-refractivity contribution in [1.82, 2.24) is 0 Å². The molecule has 0 aliphatic rings. The van der Waals surface area contributed by atoms with Crippen molar-refractivity contribution < 1.29 is 14.3 Å². The normalized spacial score (nSPS) is 13.5. The first kappa shape index (κ1) is 21.9. The van der Waals surface area contributed by atoms with Gasteiger partial charge in [0.15, 0.2) is 0 Å². The first-order valence-electron chi connectivity index (χ1n) is 9.59. The summed E-state index contributed by atoms with van der Waals surface area (Å²) in [5.41, 5.74) is 0. The van der Waals surface area contributed by atoms with Crippen LogP contribution in [0.5, 0.6) is 0 Å². The van der Waals surface area contributed by atoms with E-state index in [0.29, 0.717) is 13.2 Å². The quantitative estimate of drug-likeness (QED) is 0.338. The van der Waals surface area contributed by atoms with Crippen molar-refractivity contribution in [3.8, 4) is 0 Å². The number of aliphatic hydroxyl groups excluding tert-OH is 1. The molecule has 0 radical (unpaired) electrons. The van der Waals surface area contributed by atoms with E-state index in [-0.39, 0.29) is 6.10 Å². The van der Waals surface area contributed by atoms with Gasteiger partial charge < -0.3 is 14.3 Å². The first-order chi connectivity index (χ1) is 10.5. The Hall–Kier alpha value is -0.120. The number of unbranched alkanes of at least 4 members (excludes halogenated alkanes) is 9. The number of hydrogen-bond donors (Lipinski definition) is 1. The Bertz CT molecular complexity index is 231. The minimum Gasteiger partial charge on any atom is -0.385 e. The van der Waals surface area contributed by atoms with Crippen LogP contribution in [-0.2, 0) is 4.74 Å². The van der Waals surface area contributed by atoms with Gasteiger partial charge in [-0.1, -0.05) is 58.3 Å². The molecule has 0 spiro atoms. The van der Waals surface area contributed by atoms with Gasteiger partial charge in [0.25, 0.3) is 0 Å². The van der Waals surface area contributed by atoms with Gasteiger partial charge in [-0.05, 0) is 19.8 Å². The molecule has 0 aliphatic heterocycles. The van der Waals surface area contributed by atoms with Crippen LogP contribution in [0, 0.1) is 0 Å². The number of ether oxygens (including phenoxy) is 1. The molecule has 22 heavy (non-hydrogen) atoms. The molecule has 3 heteroatoms. The Morgan fingerprint density at radius 3 is 1.82 bits per heavy atom. The summed E-state index contributed by atoms with van der Waals surface area (Å²) >= 11 is 0. The Morgan fingerprint density at radius 2 is 1.32 bits per heavy atom. The molecule has 0 aromatic heterocycles. The third-order valence-electron chi connectivity index (χ3n) is 4.34. The van der Waals surface area contributed by atoms with Crippen molar-refractivity contribution in [2.75, 3.05) is 40.4 Å². The molecule has 0 bridgehead atoms. The second-order valence-electron chi connectivity index (χ2n) is 7.34. The second kappa shape index (κ2) is 14.5. The molecular formula is C19H42NO2+. The summed E-state index contributed by atoms with van der Waals surface area (Å²) < 4.78 is 6.18. The van der Waals surface area contributed by atoms with E-state index in [9.17, 15) is 5.11 Å². The molecule has 3 nitrogen and oxygen atoms in total. The third kappa shape index (κ3) is 14.8. The van der Waals surface area contributed by atoms with Crippen molar-refractivity contribution >= 4 is 0 Å². The summed E-state index contributed by atoms with van der Waals surface area (Å²) in [5, 5.41) is 9.94. The van der Waals surface area contributed by atoms with E-state index < -0.39 is 0 Å². The maximum atomic E-state index is 9.94. The fraction of sp³-hybridized carbons (Fsp3) is 1.00. The number of hydrogen-bond acceptors (Lipinski definition) is 2. The molecule has 0 saturated carbocycles. The average Bonchev–Trinajstić information content (AvgIpc) is 2.46. The van der Waals surface area contributed by atoms with Crippen molar-refractivity contribution in [2.45, 2.75) is 84.2 Å². The van der Waals surface area contributed by atoms with Crippen LogP contribution in [0.15, 0.2) is 0 Å². The van der Waals surface area contributed by atoms with Crippen molar-refractivity contribution in [3.63, 3.8) is 0 Å². The van der Waals surface area contributed by atoms with Gasteiger partial charge in [0.05, 0.1) is 27.2 Å². The van der Waals surface area contributed by atoms with Gasteiger partial charge in [0.2, 0.25) is 0 Å². The zero-order valence-corrected chi connectivity index (χ0v) is 15.8. The van der Waals surface area contributed by atoms with Gasteiger partial charge in [-0.15, -0.1) is 0 Å². The molecular weight excluding hydrogens is 274 g/mol. The van der Waals surface area contributed by atoms with E-state index in [1.165, 1.54) is 64.2 Å². The van der Waals surface area contributed by atoms with E-state index in [4.69, 9.17) is 4.74 Å². The second-order valence-corrected chi connectivity index (χ2v) is 7.34. The molecule has 0 heterocycles. The van der Waals surface area contributed by atoms with E-state index in [1.54, 1.807) is 0 Å². The Morgan fingerprint density at radius 1 is 0.818 bits per heavy atom. The minimum atomic E-state index is -0.335. The predicted molar refractivity (Wildman–Crippen MR) is 96.2 cm³/mol. The van der Waals surface area contributed by atoms with Crippen LogP contribution in [0.1, 0.15) is 78.1 Å². The lowest BCUT2D eigenvalue weighted by molar-refractivity contribution is -0.893. The summed E-state index contributed by atoms with van der Waals surface area (Å²) in [4.78, 5) is 0. The molecule has 134 valence electrons. The van der Waals surface area contributed by atoms with Crippen molar-refractivity contribution in [2.24, 2.45) is 0 Å². The molecule has 1 unspecified atom stereocenters. The Balaban J connectivity index is 3.44. The average molecular weight is 317 g/mol. The van der Waals surface area contributed by atoms with Crippen LogP contribution in [0.25, 0.3) is 0 Å². The highest BCUT2D eigenvalue weighted by Gasteiger charge is 2.19. The van der Waals surface area contributed by atoms with Crippen molar-refractivity contribution in [3.05, 3.63) is 0 Å². The van der Waals surface area contributed by atoms with Crippen LogP contribution >= 0.6 is 0 Å². The van der Waals surface area contributed by atoms with Gasteiger partial charge in [-0.2, -0.15) is 0 Å². The largest absolute Gasteiger partial charge is 0.385 e. The zero-order valence-electron chi connectivity index (χ0n) is 15.8. The highest BCUT2D eigenvalue weighted by molar-refractivity contribution is 4.53. The third-order valence-corrected chi connectivity index (χ3v) is 4.34. The standard InChI is InChI=1S/C19H42NO2/c1-5-7-8-9-10-11-12-13-14-15-16-20(3,4)17-19(21)18-22-6-2/h19,21H,5-18H2,1-4H3/q+1. The smallest absolute Gasteiger partial charge is 0.126 e. The highest BCUT2D eigenvalue weighted by Crippen LogP contribution is 2.12. The lowest BCUT2D eigenvalue weighted by atomic mass is 10.1. The highest BCUT2D eigenvalue weighted by atomic mass is 16.5. The summed E-state index contributed by atoms with van der Waals surface area (Å²) in [7, 11) is 4.42. The number of likely N-dealkylation sites (N-methyl/N-ethyl adjacent to an activating group) is 1. The number of quaternary nitrogens is 1. The van der Waals surface area contributed by atoms with E-state index in [0.717, 1.165) is 17.6 Å². The van der Waals surface area contributed by atoms with Gasteiger partial charge in [0.1, 0.15) is 12.6 Å². The molecule has 0 aromatic carbocycles. The van der Waals surface area contributed by atoms with Crippen LogP contribution in [0.3, 0.4) is 0 Å². The molecule has 0 aromatic rings. The van der Waals surface area contributed by atoms with Gasteiger partial charge in [-0.3, -0.25) is 0 Å². The first-order valence-corrected chi connectivity index (χ1v) is 9.59. The van der Waals surface area contributed by atoms with Gasteiger partial charge >= 0.3 is 0 Å². The summed E-state index contributed by atoms with van der Waals surface area (Å²) in [6, 6.07) is 0. The summed E-state index contributed by atoms with van der Waals surface area (Å²) in [5.74, 6) is 0. The van der Waals surface area contributed by atoms with Gasteiger partial charge in [-0.25, -0.2) is 0 Å². The van der Waals surface area contributed by atoms with E-state index in [1.807, 2.05) is 6.92 Å². The zero-order chi connectivity index (χ0) is 16.7. The van der Waals surface area contributed by atoms with E-state index >= 15 is 0 Å². The molecule has 0 fully saturated rings. The van der Waals surface area contributed by atoms with Crippen LogP contribution in [-0.4, -0.2) is 56.1 Å². The number of aliphatic hydroxyl groups is 1. The molecule has 1 N–H and O–H groups in total. The number of rotatable bonds is 16. The molecule has 0 aliphatic carbocycles. The SMILES string of the molecule is CCCCCCCCCCCC[N+](C)(C)CC(O)COCC. The van der Waals surface area contributed by atoms with Crippen LogP contribution < -0.4 is 0 Å². The topological polar surface area (TPSA) is 29.5 Å². The lowest BCUT2D eigenvalue weighted by Gasteiger charge is -2.31. The Kier molecular flexibility index (Phi) is 14.4. The number of nitrogens with zero attached hydrogens (tertiary/aromatic N) is 1. The van der Waals surface area contributed by atoms with Crippen LogP contribution in [0.2, 0.25) is 0 Å². The molecule has 0 amide bonds. The Labute approximate surface area is 139 Å². The molecule has 0 rings (SSSR count). The van der Waals surface area contributed by atoms with Crippen molar-refractivity contribution in [1.29, 1.82) is 0 Å². The molecule has 0 saturated heterocycles. The summed E-state index contributed by atoms with van der Waals surface area (Å²) in [6.07, 6.45) is 13.5. The van der Waals surface area contributed by atoms with E-state index in [2.05, 4.69) is 21.0 Å². The maximum absolute atomic E-state index is 9.94. The predicted octanol–water partition coefficient (Wildman–Crippen LogP) is 4.38. The molecule has 1 atom stereocenters. The fourth-order valence-electron chi connectivity index (χ4n) is 3.00.